The van der Waals surface area contributed by atoms with Crippen molar-refractivity contribution >= 4 is 18.5 Å². The largest absolute Gasteiger partial charge is 0.498 e. The quantitative estimate of drug-likeness (QED) is 0.740. The molecular weight excluding hydrogens is 341 g/mol. The molecule has 0 atom stereocenters. The zero-order chi connectivity index (χ0) is 19.7. The third-order valence-electron chi connectivity index (χ3n) is 6.21. The van der Waals surface area contributed by atoms with E-state index in [0.29, 0.717) is 5.92 Å². The molecule has 0 aliphatic carbocycles. The minimum Gasteiger partial charge on any atom is -0.399 e. The second kappa shape index (κ2) is 8.03. The Kier molecular flexibility index (Phi) is 6.10. The fourth-order valence-electron chi connectivity index (χ4n) is 3.67. The van der Waals surface area contributed by atoms with Crippen molar-refractivity contribution in [1.82, 2.24) is 14.9 Å². The van der Waals surface area contributed by atoms with Crippen LogP contribution in [0.1, 0.15) is 40.5 Å². The molecule has 3 rings (SSSR count). The Bertz CT molecular complexity index is 601. The standard InChI is InChI=1S/C19H34BN5O2/c1-18(2)19(3,4)27-20(26-18)16-12-22-17(23-13-16)24(5)14-15-6-9-25(10-7-15)11-8-21/h12-13,15H,6-11,14,21H2,1-5H3. The summed E-state index contributed by atoms with van der Waals surface area (Å²) in [7, 11) is 1.65. The lowest BCUT2D eigenvalue weighted by atomic mass is 9.81. The van der Waals surface area contributed by atoms with E-state index in [2.05, 4.69) is 54.5 Å². The highest BCUT2D eigenvalue weighted by molar-refractivity contribution is 6.61. The van der Waals surface area contributed by atoms with Crippen LogP contribution in [-0.2, 0) is 9.31 Å². The smallest absolute Gasteiger partial charge is 0.399 e. The lowest BCUT2D eigenvalue weighted by Gasteiger charge is -2.33. The van der Waals surface area contributed by atoms with E-state index in [1.165, 1.54) is 12.8 Å². The number of likely N-dealkylation sites (tertiary alicyclic amines) is 1. The number of hydrogen-bond acceptors (Lipinski definition) is 7. The normalized spacial score (nSPS) is 23.0. The highest BCUT2D eigenvalue weighted by atomic mass is 16.7. The van der Waals surface area contributed by atoms with E-state index in [-0.39, 0.29) is 11.2 Å². The molecule has 0 radical (unpaired) electrons. The van der Waals surface area contributed by atoms with Crippen LogP contribution in [-0.4, -0.2) is 73.0 Å². The maximum Gasteiger partial charge on any atom is 0.498 e. The summed E-state index contributed by atoms with van der Waals surface area (Å²) in [4.78, 5) is 13.7. The third-order valence-corrected chi connectivity index (χ3v) is 6.21. The SMILES string of the molecule is CN(CC1CCN(CCN)CC1)c1ncc(B2OC(C)(C)C(C)(C)O2)cn1. The zero-order valence-corrected chi connectivity index (χ0v) is 17.4. The highest BCUT2D eigenvalue weighted by Crippen LogP contribution is 2.36. The highest BCUT2D eigenvalue weighted by Gasteiger charge is 2.51. The predicted molar refractivity (Wildman–Crippen MR) is 109 cm³/mol. The number of rotatable bonds is 6. The third kappa shape index (κ3) is 4.62. The molecular formula is C19H34BN5O2. The number of aromatic nitrogens is 2. The van der Waals surface area contributed by atoms with Gasteiger partial charge in [0.25, 0.3) is 0 Å². The first-order valence-electron chi connectivity index (χ1n) is 10.0. The first-order chi connectivity index (χ1) is 12.7. The van der Waals surface area contributed by atoms with Gasteiger partial charge in [-0.3, -0.25) is 0 Å². The molecule has 0 bridgehead atoms. The Labute approximate surface area is 163 Å². The van der Waals surface area contributed by atoms with Crippen molar-refractivity contribution in [2.75, 3.05) is 44.7 Å². The molecule has 7 nitrogen and oxygen atoms in total. The van der Waals surface area contributed by atoms with Gasteiger partial charge < -0.3 is 24.8 Å². The van der Waals surface area contributed by atoms with Crippen LogP contribution in [0.3, 0.4) is 0 Å². The average molecular weight is 375 g/mol. The molecule has 0 saturated carbocycles. The minimum absolute atomic E-state index is 0.355. The Hall–Kier alpha value is -1.22. The first kappa shape index (κ1) is 20.5. The number of piperidine rings is 1. The Morgan fingerprint density at radius 3 is 2.22 bits per heavy atom. The van der Waals surface area contributed by atoms with Crippen LogP contribution in [0.15, 0.2) is 12.4 Å². The van der Waals surface area contributed by atoms with E-state index in [4.69, 9.17) is 15.0 Å². The van der Waals surface area contributed by atoms with Crippen molar-refractivity contribution in [3.05, 3.63) is 12.4 Å². The molecule has 1 aromatic rings. The van der Waals surface area contributed by atoms with Crippen molar-refractivity contribution in [2.45, 2.75) is 51.7 Å². The number of nitrogens with two attached hydrogens (primary N) is 1. The van der Waals surface area contributed by atoms with Crippen LogP contribution < -0.4 is 16.1 Å². The van der Waals surface area contributed by atoms with Crippen LogP contribution in [0.5, 0.6) is 0 Å². The molecule has 2 fully saturated rings. The molecule has 0 unspecified atom stereocenters. The molecule has 27 heavy (non-hydrogen) atoms. The van der Waals surface area contributed by atoms with E-state index in [9.17, 15) is 0 Å². The van der Waals surface area contributed by atoms with Crippen molar-refractivity contribution in [3.63, 3.8) is 0 Å². The maximum atomic E-state index is 6.07. The molecule has 1 aromatic heterocycles. The molecule has 0 amide bonds. The second-order valence-corrected chi connectivity index (χ2v) is 8.86. The fraction of sp³-hybridized carbons (Fsp3) is 0.789. The van der Waals surface area contributed by atoms with Crippen molar-refractivity contribution in [3.8, 4) is 0 Å². The molecule has 2 aliphatic heterocycles. The van der Waals surface area contributed by atoms with Crippen LogP contribution in [0, 0.1) is 5.92 Å². The summed E-state index contributed by atoms with van der Waals surface area (Å²) in [5, 5.41) is 0. The van der Waals surface area contributed by atoms with Gasteiger partial charge in [0.15, 0.2) is 0 Å². The van der Waals surface area contributed by atoms with Gasteiger partial charge in [0.1, 0.15) is 0 Å². The molecule has 0 spiro atoms. The molecule has 3 heterocycles. The topological polar surface area (TPSA) is 76.7 Å². The summed E-state index contributed by atoms with van der Waals surface area (Å²) in [6.07, 6.45) is 6.06. The van der Waals surface area contributed by atoms with E-state index < -0.39 is 7.12 Å². The lowest BCUT2D eigenvalue weighted by Crippen LogP contribution is -2.41. The van der Waals surface area contributed by atoms with Crippen LogP contribution >= 0.6 is 0 Å². The van der Waals surface area contributed by atoms with Crippen molar-refractivity contribution < 1.29 is 9.31 Å². The van der Waals surface area contributed by atoms with Gasteiger partial charge in [0, 0.05) is 44.5 Å². The van der Waals surface area contributed by atoms with Crippen LogP contribution in [0.4, 0.5) is 5.95 Å². The summed E-state index contributed by atoms with van der Waals surface area (Å²) in [6.45, 7) is 13.2. The molecule has 8 heteroatoms. The number of hydrogen-bond donors (Lipinski definition) is 1. The van der Waals surface area contributed by atoms with Gasteiger partial charge >= 0.3 is 7.12 Å². The van der Waals surface area contributed by atoms with E-state index in [1.54, 1.807) is 0 Å². The lowest BCUT2D eigenvalue weighted by molar-refractivity contribution is 0.00578. The molecule has 2 aliphatic rings. The Balaban J connectivity index is 1.55. The summed E-state index contributed by atoms with van der Waals surface area (Å²) < 4.78 is 12.1. The summed E-state index contributed by atoms with van der Waals surface area (Å²) >= 11 is 0. The van der Waals surface area contributed by atoms with Crippen LogP contribution in [0.25, 0.3) is 0 Å². The number of anilines is 1. The van der Waals surface area contributed by atoms with Gasteiger partial charge in [-0.05, 0) is 59.5 Å². The molecule has 0 aromatic carbocycles. The Morgan fingerprint density at radius 2 is 1.70 bits per heavy atom. The summed E-state index contributed by atoms with van der Waals surface area (Å²) in [5.74, 6) is 1.43. The molecule has 2 N–H and O–H groups in total. The van der Waals surface area contributed by atoms with E-state index >= 15 is 0 Å². The van der Waals surface area contributed by atoms with Gasteiger partial charge in [-0.2, -0.15) is 0 Å². The van der Waals surface area contributed by atoms with Gasteiger partial charge in [-0.25, -0.2) is 9.97 Å². The van der Waals surface area contributed by atoms with Gasteiger partial charge in [-0.15, -0.1) is 0 Å². The van der Waals surface area contributed by atoms with E-state index in [0.717, 1.165) is 44.1 Å². The van der Waals surface area contributed by atoms with E-state index in [1.807, 2.05) is 12.4 Å². The van der Waals surface area contributed by atoms with Gasteiger partial charge in [0.05, 0.1) is 11.2 Å². The second-order valence-electron chi connectivity index (χ2n) is 8.86. The van der Waals surface area contributed by atoms with Crippen molar-refractivity contribution in [1.29, 1.82) is 0 Å². The van der Waals surface area contributed by atoms with Crippen LogP contribution in [0.2, 0.25) is 0 Å². The first-order valence-corrected chi connectivity index (χ1v) is 10.0. The average Bonchev–Trinajstić information content (AvgIpc) is 2.85. The Morgan fingerprint density at radius 1 is 1.15 bits per heavy atom. The summed E-state index contributed by atoms with van der Waals surface area (Å²) in [6, 6.07) is 0. The van der Waals surface area contributed by atoms with Crippen molar-refractivity contribution in [2.24, 2.45) is 11.7 Å². The molecule has 150 valence electrons. The monoisotopic (exact) mass is 375 g/mol. The zero-order valence-electron chi connectivity index (χ0n) is 17.4. The fourth-order valence-corrected chi connectivity index (χ4v) is 3.67. The molecule has 2 saturated heterocycles. The van der Waals surface area contributed by atoms with Gasteiger partial charge in [0.2, 0.25) is 5.95 Å². The minimum atomic E-state index is -0.416. The predicted octanol–water partition coefficient (Wildman–Crippen LogP) is 0.883. The summed E-state index contributed by atoms with van der Waals surface area (Å²) in [5.41, 5.74) is 5.80. The maximum absolute atomic E-state index is 6.07. The number of nitrogens with zero attached hydrogens (tertiary/aromatic N) is 4. The van der Waals surface area contributed by atoms with Gasteiger partial charge in [-0.1, -0.05) is 0 Å².